The molecule has 8 nitrogen and oxygen atoms in total. The van der Waals surface area contributed by atoms with E-state index < -0.39 is 9.84 Å². The summed E-state index contributed by atoms with van der Waals surface area (Å²) in [4.78, 5) is 29.1. The summed E-state index contributed by atoms with van der Waals surface area (Å²) >= 11 is 0. The van der Waals surface area contributed by atoms with Gasteiger partial charge in [0.1, 0.15) is 0 Å². The van der Waals surface area contributed by atoms with Gasteiger partial charge in [-0.2, -0.15) is 5.10 Å². The molecule has 1 saturated heterocycles. The zero-order valence-corrected chi connectivity index (χ0v) is 17.7. The maximum Gasteiger partial charge on any atom is 0.257 e. The average Bonchev–Trinajstić information content (AvgIpc) is 3.22. The van der Waals surface area contributed by atoms with Gasteiger partial charge >= 0.3 is 0 Å². The lowest BCUT2D eigenvalue weighted by Crippen LogP contribution is -2.51. The molecule has 2 aromatic rings. The molecule has 9 heteroatoms. The fraction of sp³-hybridized carbons (Fsp3) is 0.476. The van der Waals surface area contributed by atoms with Gasteiger partial charge in [-0.1, -0.05) is 18.2 Å². The normalized spacial score (nSPS) is 16.9. The summed E-state index contributed by atoms with van der Waals surface area (Å²) in [5.74, 6) is -0.432. The van der Waals surface area contributed by atoms with Crippen LogP contribution in [0.1, 0.15) is 35.3 Å². The maximum absolute atomic E-state index is 12.9. The summed E-state index contributed by atoms with van der Waals surface area (Å²) in [6.45, 7) is 2.58. The third kappa shape index (κ3) is 4.26. The Morgan fingerprint density at radius 3 is 2.37 bits per heavy atom. The van der Waals surface area contributed by atoms with Crippen molar-refractivity contribution < 1.29 is 18.0 Å². The topological polar surface area (TPSA) is 92.6 Å². The molecule has 0 N–H and O–H groups in total. The number of rotatable bonds is 5. The van der Waals surface area contributed by atoms with Crippen LogP contribution < -0.4 is 0 Å². The van der Waals surface area contributed by atoms with Gasteiger partial charge in [0, 0.05) is 39.1 Å². The van der Waals surface area contributed by atoms with Crippen LogP contribution in [0.25, 0.3) is 0 Å². The highest BCUT2D eigenvalue weighted by Crippen LogP contribution is 2.20. The van der Waals surface area contributed by atoms with E-state index in [4.69, 9.17) is 0 Å². The fourth-order valence-electron chi connectivity index (χ4n) is 4.05. The van der Waals surface area contributed by atoms with Gasteiger partial charge in [-0.3, -0.25) is 14.3 Å². The molecule has 2 amide bonds. The molecule has 0 saturated carbocycles. The number of nitrogens with zero attached hydrogens (tertiary/aromatic N) is 4. The smallest absolute Gasteiger partial charge is 0.257 e. The van der Waals surface area contributed by atoms with Gasteiger partial charge in [0.2, 0.25) is 5.91 Å². The average molecular weight is 431 g/mol. The van der Waals surface area contributed by atoms with Crippen molar-refractivity contribution in [2.45, 2.75) is 37.1 Å². The van der Waals surface area contributed by atoms with Crippen LogP contribution in [0, 0.1) is 0 Å². The number of fused-ring (bicyclic) bond motifs is 1. The second kappa shape index (κ2) is 8.59. The van der Waals surface area contributed by atoms with E-state index in [9.17, 15) is 18.0 Å². The molecule has 1 aromatic carbocycles. The van der Waals surface area contributed by atoms with Crippen LogP contribution in [-0.2, 0) is 27.6 Å². The molecule has 0 unspecified atom stereocenters. The molecule has 160 valence electrons. The molecule has 30 heavy (non-hydrogen) atoms. The minimum atomic E-state index is -3.48. The number of benzene rings is 1. The number of sulfone groups is 1. The van der Waals surface area contributed by atoms with Crippen molar-refractivity contribution in [2.75, 3.05) is 31.9 Å². The van der Waals surface area contributed by atoms with Crippen LogP contribution in [0.4, 0.5) is 0 Å². The maximum atomic E-state index is 12.9. The first-order valence-corrected chi connectivity index (χ1v) is 12.0. The van der Waals surface area contributed by atoms with Crippen molar-refractivity contribution in [2.24, 2.45) is 0 Å². The van der Waals surface area contributed by atoms with E-state index >= 15 is 0 Å². The lowest BCUT2D eigenvalue weighted by Gasteiger charge is -2.35. The van der Waals surface area contributed by atoms with Crippen molar-refractivity contribution >= 4 is 21.7 Å². The summed E-state index contributed by atoms with van der Waals surface area (Å²) in [5.41, 5.74) is 1.68. The first-order valence-electron chi connectivity index (χ1n) is 10.4. The van der Waals surface area contributed by atoms with E-state index in [-0.39, 0.29) is 28.9 Å². The molecular formula is C21H26N4O4S. The van der Waals surface area contributed by atoms with E-state index in [2.05, 4.69) is 5.10 Å². The Balaban J connectivity index is 1.30. The molecule has 4 rings (SSSR count). The van der Waals surface area contributed by atoms with Crippen LogP contribution in [0.2, 0.25) is 0 Å². The standard InChI is InChI=1S/C21H26N4O4S/c26-20(9-15-30(28,29)17-6-2-1-3-7-17)23-11-13-24(14-12-23)21(27)18-16-22-25-10-5-4-8-19(18)25/h1-3,6-7,16H,4-5,8-15H2. The lowest BCUT2D eigenvalue weighted by molar-refractivity contribution is -0.132. The zero-order valence-electron chi connectivity index (χ0n) is 16.9. The molecule has 2 aliphatic heterocycles. The predicted octanol–water partition coefficient (Wildman–Crippen LogP) is 1.37. The molecule has 0 radical (unpaired) electrons. The Kier molecular flexibility index (Phi) is 5.90. The van der Waals surface area contributed by atoms with Gasteiger partial charge in [-0.15, -0.1) is 0 Å². The SMILES string of the molecule is O=C(CCS(=O)(=O)c1ccccc1)N1CCN(C(=O)c2cnn3c2CCCC3)CC1. The van der Waals surface area contributed by atoms with Gasteiger partial charge in [-0.25, -0.2) is 8.42 Å². The quantitative estimate of drug-likeness (QED) is 0.714. The van der Waals surface area contributed by atoms with Crippen molar-refractivity contribution in [1.29, 1.82) is 0 Å². The van der Waals surface area contributed by atoms with Crippen LogP contribution in [0.3, 0.4) is 0 Å². The highest BCUT2D eigenvalue weighted by atomic mass is 32.2. The zero-order chi connectivity index (χ0) is 21.1. The van der Waals surface area contributed by atoms with E-state index in [0.717, 1.165) is 31.5 Å². The molecule has 0 aliphatic carbocycles. The van der Waals surface area contributed by atoms with Crippen molar-refractivity contribution in [3.8, 4) is 0 Å². The highest BCUT2D eigenvalue weighted by molar-refractivity contribution is 7.91. The first-order chi connectivity index (χ1) is 14.5. The fourth-order valence-corrected chi connectivity index (χ4v) is 5.31. The van der Waals surface area contributed by atoms with Gasteiger partial charge < -0.3 is 9.80 Å². The summed E-state index contributed by atoms with van der Waals surface area (Å²) in [5, 5.41) is 4.34. The molecule has 1 aromatic heterocycles. The highest BCUT2D eigenvalue weighted by Gasteiger charge is 2.29. The number of amides is 2. The number of hydrogen-bond donors (Lipinski definition) is 0. The molecule has 0 bridgehead atoms. The Labute approximate surface area is 176 Å². The van der Waals surface area contributed by atoms with Crippen LogP contribution in [0.5, 0.6) is 0 Å². The van der Waals surface area contributed by atoms with Crippen LogP contribution in [0.15, 0.2) is 41.4 Å². The minimum absolute atomic E-state index is 0.0306. The molecule has 0 atom stereocenters. The number of hydrogen-bond acceptors (Lipinski definition) is 5. The van der Waals surface area contributed by atoms with Gasteiger partial charge in [0.25, 0.3) is 5.91 Å². The number of carbonyl (C=O) groups excluding carboxylic acids is 2. The summed E-state index contributed by atoms with van der Waals surface area (Å²) in [7, 11) is -3.48. The molecule has 1 fully saturated rings. The Morgan fingerprint density at radius 2 is 1.63 bits per heavy atom. The van der Waals surface area contributed by atoms with Crippen LogP contribution in [-0.4, -0.2) is 71.7 Å². The summed E-state index contributed by atoms with van der Waals surface area (Å²) in [6, 6.07) is 8.18. The summed E-state index contributed by atoms with van der Waals surface area (Å²) in [6.07, 6.45) is 4.63. The minimum Gasteiger partial charge on any atom is -0.339 e. The largest absolute Gasteiger partial charge is 0.339 e. The third-order valence-electron chi connectivity index (χ3n) is 5.82. The number of aromatic nitrogens is 2. The second-order valence-corrected chi connectivity index (χ2v) is 9.85. The number of carbonyl (C=O) groups is 2. The van der Waals surface area contributed by atoms with Gasteiger partial charge in [0.15, 0.2) is 9.84 Å². The molecular weight excluding hydrogens is 404 g/mol. The van der Waals surface area contributed by atoms with E-state index in [0.29, 0.717) is 31.7 Å². The second-order valence-electron chi connectivity index (χ2n) is 7.74. The van der Waals surface area contributed by atoms with Gasteiger partial charge in [0.05, 0.1) is 28.1 Å². The first kappa shape index (κ1) is 20.6. The summed E-state index contributed by atoms with van der Waals surface area (Å²) < 4.78 is 26.7. The van der Waals surface area contributed by atoms with Gasteiger partial charge in [-0.05, 0) is 31.4 Å². The Hall–Kier alpha value is -2.68. The predicted molar refractivity (Wildman–Crippen MR) is 111 cm³/mol. The lowest BCUT2D eigenvalue weighted by atomic mass is 10.1. The van der Waals surface area contributed by atoms with Crippen molar-refractivity contribution in [3.63, 3.8) is 0 Å². The Bertz CT molecular complexity index is 1020. The van der Waals surface area contributed by atoms with Crippen LogP contribution >= 0.6 is 0 Å². The number of aryl methyl sites for hydroxylation is 1. The van der Waals surface area contributed by atoms with E-state index in [1.165, 1.54) is 0 Å². The molecule has 0 spiro atoms. The Morgan fingerprint density at radius 1 is 0.933 bits per heavy atom. The number of piperazine rings is 1. The third-order valence-corrected chi connectivity index (χ3v) is 7.55. The van der Waals surface area contributed by atoms with E-state index in [1.54, 1.807) is 46.3 Å². The van der Waals surface area contributed by atoms with E-state index in [1.807, 2.05) is 4.68 Å². The molecule has 3 heterocycles. The monoisotopic (exact) mass is 430 g/mol. The molecule has 2 aliphatic rings. The van der Waals surface area contributed by atoms with Crippen molar-refractivity contribution in [3.05, 3.63) is 47.8 Å². The van der Waals surface area contributed by atoms with Crippen molar-refractivity contribution in [1.82, 2.24) is 19.6 Å².